The number of ether oxygens (including phenoxy) is 1. The van der Waals surface area contributed by atoms with Crippen molar-refractivity contribution in [2.45, 2.75) is 6.92 Å². The van der Waals surface area contributed by atoms with E-state index in [1.165, 1.54) is 12.3 Å². The fraction of sp³-hybridized carbons (Fsp3) is 0.167. The zero-order valence-electron chi connectivity index (χ0n) is 19.2. The molecule has 2 aromatic carbocycles. The molecule has 1 fully saturated rings. The lowest BCUT2D eigenvalue weighted by Gasteiger charge is -2.27. The van der Waals surface area contributed by atoms with Gasteiger partial charge in [0.25, 0.3) is 11.5 Å². The van der Waals surface area contributed by atoms with E-state index in [9.17, 15) is 19.2 Å². The predicted octanol–water partition coefficient (Wildman–Crippen LogP) is 3.99. The van der Waals surface area contributed by atoms with Crippen molar-refractivity contribution in [2.75, 3.05) is 45.9 Å². The maximum absolute atomic E-state index is 12.7. The number of hydrogen-bond acceptors (Lipinski definition) is 5. The van der Waals surface area contributed by atoms with Gasteiger partial charge in [0.2, 0.25) is 0 Å². The van der Waals surface area contributed by atoms with Crippen molar-refractivity contribution in [3.8, 4) is 0 Å². The van der Waals surface area contributed by atoms with Crippen molar-refractivity contribution in [1.82, 2.24) is 4.98 Å². The number of nitrogens with zero attached hydrogens (tertiary/aromatic N) is 1. The summed E-state index contributed by atoms with van der Waals surface area (Å²) in [5, 5.41) is 10.8. The topological polar surface area (TPSA) is 145 Å². The average Bonchev–Trinajstić information content (AvgIpc) is 2.84. The number of amides is 5. The first-order chi connectivity index (χ1) is 17.3. The lowest BCUT2D eigenvalue weighted by atomic mass is 10.1. The number of aromatic nitrogens is 1. The number of carbonyl (C=O) groups is 3. The fourth-order valence-electron chi connectivity index (χ4n) is 3.54. The maximum Gasteiger partial charge on any atom is 0.323 e. The Morgan fingerprint density at radius 2 is 1.67 bits per heavy atom. The predicted molar refractivity (Wildman–Crippen MR) is 138 cm³/mol. The number of nitrogens with one attached hydrogen (secondary N) is 5. The van der Waals surface area contributed by atoms with Gasteiger partial charge in [-0.3, -0.25) is 9.59 Å². The molecule has 11 nitrogen and oxygen atoms in total. The molecule has 1 saturated heterocycles. The zero-order chi connectivity index (χ0) is 25.7. The van der Waals surface area contributed by atoms with Gasteiger partial charge in [0.05, 0.1) is 12.3 Å². The molecule has 5 N–H and O–H groups in total. The summed E-state index contributed by atoms with van der Waals surface area (Å²) >= 11 is 5.85. The highest BCUT2D eigenvalue weighted by atomic mass is 35.5. The number of anilines is 5. The maximum atomic E-state index is 12.7. The highest BCUT2D eigenvalue weighted by Crippen LogP contribution is 2.24. The second-order valence-corrected chi connectivity index (χ2v) is 8.29. The quantitative estimate of drug-likeness (QED) is 0.352. The van der Waals surface area contributed by atoms with Crippen molar-refractivity contribution in [3.05, 3.63) is 75.7 Å². The van der Waals surface area contributed by atoms with Crippen molar-refractivity contribution < 1.29 is 19.1 Å². The van der Waals surface area contributed by atoms with Crippen LogP contribution in [0.5, 0.6) is 0 Å². The van der Waals surface area contributed by atoms with Gasteiger partial charge in [-0.2, -0.15) is 0 Å². The molecule has 0 radical (unpaired) electrons. The summed E-state index contributed by atoms with van der Waals surface area (Å²) in [6, 6.07) is 11.8. The van der Waals surface area contributed by atoms with Crippen molar-refractivity contribution in [3.63, 3.8) is 0 Å². The summed E-state index contributed by atoms with van der Waals surface area (Å²) < 4.78 is 5.15. The van der Waals surface area contributed by atoms with Crippen LogP contribution in [0.2, 0.25) is 5.02 Å². The second-order valence-electron chi connectivity index (χ2n) is 7.86. The molecule has 0 saturated carbocycles. The molecule has 1 aromatic heterocycles. The molecule has 0 unspecified atom stereocenters. The minimum absolute atomic E-state index is 0.0289. The van der Waals surface area contributed by atoms with Crippen LogP contribution >= 0.6 is 11.6 Å². The second kappa shape index (κ2) is 10.9. The molecule has 36 heavy (non-hydrogen) atoms. The van der Waals surface area contributed by atoms with E-state index in [-0.39, 0.29) is 23.9 Å². The van der Waals surface area contributed by atoms with Gasteiger partial charge < -0.3 is 35.9 Å². The van der Waals surface area contributed by atoms with Crippen LogP contribution in [0.1, 0.15) is 5.56 Å². The Bertz CT molecular complexity index is 1360. The monoisotopic (exact) mass is 510 g/mol. The van der Waals surface area contributed by atoms with Crippen LogP contribution in [-0.4, -0.2) is 42.7 Å². The third kappa shape index (κ3) is 6.01. The number of aryl methyl sites for hydroxylation is 1. The van der Waals surface area contributed by atoms with Crippen LogP contribution in [0.4, 0.5) is 38.0 Å². The van der Waals surface area contributed by atoms with Crippen LogP contribution in [0.3, 0.4) is 0 Å². The number of carbonyl (C=O) groups excluding carboxylic acids is 3. The van der Waals surface area contributed by atoms with E-state index in [1.807, 2.05) is 0 Å². The number of morpholine rings is 1. The summed E-state index contributed by atoms with van der Waals surface area (Å²) in [5.74, 6) is -0.137. The van der Waals surface area contributed by atoms with E-state index in [0.29, 0.717) is 40.8 Å². The number of urea groups is 2. The van der Waals surface area contributed by atoms with Crippen LogP contribution in [0.25, 0.3) is 0 Å². The van der Waals surface area contributed by atoms with Gasteiger partial charge in [0.1, 0.15) is 12.3 Å². The summed E-state index contributed by atoms with van der Waals surface area (Å²) in [4.78, 5) is 53.7. The fourth-order valence-corrected chi connectivity index (χ4v) is 3.66. The standard InChI is InChI=1S/C24H23ClN6O5/c1-14-12-17(31-10-11-36-13-20(31)32)6-7-18(14)28-24(35)30-21-19(8-9-26-22(21)33)29-23(34)27-16-4-2-15(25)3-5-16/h2-9,12H,10-11,13H2,1H3,(H2,28,30,35)(H3,26,27,29,33,34). The molecule has 2 heterocycles. The van der Waals surface area contributed by atoms with Gasteiger partial charge in [-0.05, 0) is 61.0 Å². The molecule has 3 aromatic rings. The molecular weight excluding hydrogens is 488 g/mol. The van der Waals surface area contributed by atoms with Gasteiger partial charge in [-0.15, -0.1) is 0 Å². The first-order valence-electron chi connectivity index (χ1n) is 10.9. The van der Waals surface area contributed by atoms with Crippen molar-refractivity contribution in [2.24, 2.45) is 0 Å². The van der Waals surface area contributed by atoms with E-state index in [2.05, 4.69) is 26.3 Å². The molecule has 5 amide bonds. The van der Waals surface area contributed by atoms with Gasteiger partial charge in [0, 0.05) is 34.8 Å². The molecule has 12 heteroatoms. The Morgan fingerprint density at radius 3 is 2.39 bits per heavy atom. The molecule has 0 bridgehead atoms. The molecule has 1 aliphatic heterocycles. The number of hydrogen-bond donors (Lipinski definition) is 5. The minimum Gasteiger partial charge on any atom is -0.370 e. The van der Waals surface area contributed by atoms with Crippen molar-refractivity contribution in [1.29, 1.82) is 0 Å². The van der Waals surface area contributed by atoms with Crippen LogP contribution in [0.15, 0.2) is 59.5 Å². The van der Waals surface area contributed by atoms with E-state index in [0.717, 1.165) is 0 Å². The molecule has 1 aliphatic rings. The average molecular weight is 511 g/mol. The Morgan fingerprint density at radius 1 is 0.944 bits per heavy atom. The number of halogens is 1. The molecule has 0 spiro atoms. The van der Waals surface area contributed by atoms with Crippen LogP contribution in [0, 0.1) is 6.92 Å². The summed E-state index contributed by atoms with van der Waals surface area (Å²) in [6.07, 6.45) is 1.35. The van der Waals surface area contributed by atoms with E-state index >= 15 is 0 Å². The van der Waals surface area contributed by atoms with E-state index < -0.39 is 17.6 Å². The number of benzene rings is 2. The van der Waals surface area contributed by atoms with Gasteiger partial charge in [-0.25, -0.2) is 9.59 Å². The number of pyridine rings is 1. The number of rotatable bonds is 5. The molecule has 186 valence electrons. The summed E-state index contributed by atoms with van der Waals surface area (Å²) in [5.41, 5.74) is 1.74. The van der Waals surface area contributed by atoms with Crippen LogP contribution in [-0.2, 0) is 9.53 Å². The first kappa shape index (κ1) is 24.8. The smallest absolute Gasteiger partial charge is 0.323 e. The third-order valence-corrected chi connectivity index (χ3v) is 5.56. The zero-order valence-corrected chi connectivity index (χ0v) is 19.9. The minimum atomic E-state index is -0.689. The molecule has 0 atom stereocenters. The van der Waals surface area contributed by atoms with E-state index in [1.54, 1.807) is 54.3 Å². The highest BCUT2D eigenvalue weighted by Gasteiger charge is 2.21. The van der Waals surface area contributed by atoms with Crippen molar-refractivity contribution >= 4 is 58.0 Å². The molecule has 4 rings (SSSR count). The Hall–Kier alpha value is -4.35. The summed E-state index contributed by atoms with van der Waals surface area (Å²) in [6.45, 7) is 2.71. The third-order valence-electron chi connectivity index (χ3n) is 5.31. The SMILES string of the molecule is Cc1cc(N2CCOCC2=O)ccc1NC(=O)Nc1c(NC(=O)Nc2ccc(Cl)cc2)cc[nH]c1=O. The van der Waals surface area contributed by atoms with E-state index in [4.69, 9.17) is 16.3 Å². The number of aromatic amines is 1. The van der Waals surface area contributed by atoms with Gasteiger partial charge >= 0.3 is 12.1 Å². The molecular formula is C24H23ClN6O5. The van der Waals surface area contributed by atoms with Crippen LogP contribution < -0.4 is 31.7 Å². The highest BCUT2D eigenvalue weighted by molar-refractivity contribution is 6.30. The Kier molecular flexibility index (Phi) is 7.52. The Balaban J connectivity index is 1.43. The molecule has 0 aliphatic carbocycles. The lowest BCUT2D eigenvalue weighted by Crippen LogP contribution is -2.41. The summed E-state index contributed by atoms with van der Waals surface area (Å²) in [7, 11) is 0. The lowest BCUT2D eigenvalue weighted by molar-refractivity contribution is -0.125. The number of H-pyrrole nitrogens is 1. The van der Waals surface area contributed by atoms with Gasteiger partial charge in [-0.1, -0.05) is 11.6 Å². The first-order valence-corrected chi connectivity index (χ1v) is 11.3. The largest absolute Gasteiger partial charge is 0.370 e. The van der Waals surface area contributed by atoms with Gasteiger partial charge in [0.15, 0.2) is 0 Å². The Labute approximate surface area is 210 Å². The normalized spacial score (nSPS) is 13.2.